The third kappa shape index (κ3) is 6.12. The summed E-state index contributed by atoms with van der Waals surface area (Å²) in [5.41, 5.74) is 3.46. The van der Waals surface area contributed by atoms with Gasteiger partial charge in [0.05, 0.1) is 0 Å². The van der Waals surface area contributed by atoms with Crippen LogP contribution in [0.25, 0.3) is 0 Å². The second kappa shape index (κ2) is 7.81. The van der Waals surface area contributed by atoms with Crippen molar-refractivity contribution in [3.8, 4) is 0 Å². The predicted octanol–water partition coefficient (Wildman–Crippen LogP) is 2.41. The van der Waals surface area contributed by atoms with Gasteiger partial charge in [0.1, 0.15) is 0 Å². The summed E-state index contributed by atoms with van der Waals surface area (Å²) in [7, 11) is 0. The maximum absolute atomic E-state index is 5.10. The summed E-state index contributed by atoms with van der Waals surface area (Å²) in [4.78, 5) is 0. The van der Waals surface area contributed by atoms with Crippen molar-refractivity contribution >= 4 is 28.3 Å². The van der Waals surface area contributed by atoms with Gasteiger partial charge >= 0.3 is 0 Å². The topological polar surface area (TPSA) is 38.0 Å². The number of rotatable bonds is 1. The molecule has 0 radical (unpaired) electrons. The molecule has 1 rings (SSSR count). The van der Waals surface area contributed by atoms with Crippen LogP contribution in [-0.2, 0) is 0 Å². The number of nitrogen functional groups attached to an aromatic ring is 1. The summed E-state index contributed by atoms with van der Waals surface area (Å²) >= 11 is 2.29. The first-order valence-electron chi connectivity index (χ1n) is 3.42. The van der Waals surface area contributed by atoms with Gasteiger partial charge in [-0.2, -0.15) is 0 Å². The second-order valence-corrected chi connectivity index (χ2v) is 3.30. The summed E-state index contributed by atoms with van der Waals surface area (Å²) in [6.45, 7) is 2.11. The number of anilines is 1. The van der Waals surface area contributed by atoms with Crippen LogP contribution < -0.4 is 11.3 Å². The lowest BCUT2D eigenvalue weighted by Gasteiger charge is -1.94. The quantitative estimate of drug-likeness (QED) is 0.354. The minimum atomic E-state index is 0.938. The molecule has 0 aliphatic rings. The van der Waals surface area contributed by atoms with Crippen molar-refractivity contribution in [1.29, 1.82) is 0 Å². The SMILES string of the molecule is CCI.NNc1ccccc1. The van der Waals surface area contributed by atoms with Crippen LogP contribution in [0, 0.1) is 0 Å². The first-order valence-corrected chi connectivity index (χ1v) is 4.95. The first kappa shape index (κ1) is 10.7. The average Bonchev–Trinajstić information content (AvgIpc) is 2.08. The number of benzene rings is 1. The van der Waals surface area contributed by atoms with Gasteiger partial charge < -0.3 is 5.43 Å². The highest BCUT2D eigenvalue weighted by Gasteiger charge is 1.78. The normalized spacial score (nSPS) is 7.91. The fraction of sp³-hybridized carbons (Fsp3) is 0.250. The molecule has 0 saturated heterocycles. The summed E-state index contributed by atoms with van der Waals surface area (Å²) in [6.07, 6.45) is 0. The highest BCUT2D eigenvalue weighted by atomic mass is 127. The van der Waals surface area contributed by atoms with Gasteiger partial charge in [-0.1, -0.05) is 47.7 Å². The van der Waals surface area contributed by atoms with Crippen LogP contribution in [0.2, 0.25) is 0 Å². The smallest absolute Gasteiger partial charge is 0.0485 e. The molecule has 11 heavy (non-hydrogen) atoms. The number of hydrogen-bond acceptors (Lipinski definition) is 2. The van der Waals surface area contributed by atoms with E-state index in [0.717, 1.165) is 5.69 Å². The molecule has 1 aromatic rings. The lowest BCUT2D eigenvalue weighted by atomic mass is 10.3. The maximum Gasteiger partial charge on any atom is 0.0485 e. The number of halogens is 1. The van der Waals surface area contributed by atoms with Crippen molar-refractivity contribution < 1.29 is 0 Å². The summed E-state index contributed by atoms with van der Waals surface area (Å²) < 4.78 is 1.22. The monoisotopic (exact) mass is 264 g/mol. The molecule has 2 nitrogen and oxygen atoms in total. The molecule has 0 aliphatic heterocycles. The zero-order valence-corrected chi connectivity index (χ0v) is 8.71. The van der Waals surface area contributed by atoms with E-state index >= 15 is 0 Å². The molecular formula is C8H13IN2. The number of hydrazine groups is 1. The van der Waals surface area contributed by atoms with Crippen molar-refractivity contribution in [2.24, 2.45) is 5.84 Å². The molecule has 62 valence electrons. The summed E-state index contributed by atoms with van der Waals surface area (Å²) in [6, 6.07) is 9.60. The van der Waals surface area contributed by atoms with Gasteiger partial charge in [-0.15, -0.1) is 0 Å². The van der Waals surface area contributed by atoms with Gasteiger partial charge in [0.15, 0.2) is 0 Å². The minimum absolute atomic E-state index is 0.938. The predicted molar refractivity (Wildman–Crippen MR) is 58.8 cm³/mol. The van der Waals surface area contributed by atoms with E-state index in [1.165, 1.54) is 4.43 Å². The minimum Gasteiger partial charge on any atom is -0.324 e. The Labute approximate surface area is 81.3 Å². The molecule has 0 atom stereocenters. The van der Waals surface area contributed by atoms with E-state index in [4.69, 9.17) is 5.84 Å². The van der Waals surface area contributed by atoms with E-state index in [1.54, 1.807) is 0 Å². The lowest BCUT2D eigenvalue weighted by molar-refractivity contribution is 1.35. The zero-order chi connectivity index (χ0) is 8.53. The number of nitrogens with two attached hydrogens (primary N) is 1. The Morgan fingerprint density at radius 3 is 2.09 bits per heavy atom. The highest BCUT2D eigenvalue weighted by molar-refractivity contribution is 14.1. The fourth-order valence-electron chi connectivity index (χ4n) is 0.534. The van der Waals surface area contributed by atoms with Crippen LogP contribution in [0.15, 0.2) is 30.3 Å². The molecule has 0 aromatic heterocycles. The van der Waals surface area contributed by atoms with Crippen LogP contribution in [0.5, 0.6) is 0 Å². The third-order valence-corrected chi connectivity index (χ3v) is 0.940. The molecule has 3 heteroatoms. The largest absolute Gasteiger partial charge is 0.324 e. The molecule has 0 amide bonds. The van der Waals surface area contributed by atoms with Crippen LogP contribution >= 0.6 is 22.6 Å². The van der Waals surface area contributed by atoms with Gasteiger partial charge in [-0.05, 0) is 16.6 Å². The molecule has 0 spiro atoms. The van der Waals surface area contributed by atoms with Crippen molar-refractivity contribution in [3.63, 3.8) is 0 Å². The van der Waals surface area contributed by atoms with Crippen molar-refractivity contribution in [1.82, 2.24) is 0 Å². The summed E-state index contributed by atoms with van der Waals surface area (Å²) in [5.74, 6) is 5.10. The number of hydrogen-bond donors (Lipinski definition) is 2. The standard InChI is InChI=1S/C6H8N2.C2H5I/c7-8-6-4-2-1-3-5-6;1-2-3/h1-5,8H,7H2;2H2,1H3. The van der Waals surface area contributed by atoms with Gasteiger partial charge in [0.25, 0.3) is 0 Å². The molecule has 0 heterocycles. The highest BCUT2D eigenvalue weighted by Crippen LogP contribution is 2.00. The molecule has 3 N–H and O–H groups in total. The summed E-state index contributed by atoms with van der Waals surface area (Å²) in [5, 5.41) is 0. The van der Waals surface area contributed by atoms with E-state index in [-0.39, 0.29) is 0 Å². The molecule has 0 aliphatic carbocycles. The molecule has 0 saturated carbocycles. The van der Waals surface area contributed by atoms with E-state index in [2.05, 4.69) is 34.9 Å². The molecule has 0 unspecified atom stereocenters. The van der Waals surface area contributed by atoms with Crippen LogP contribution in [0.3, 0.4) is 0 Å². The lowest BCUT2D eigenvalue weighted by Crippen LogP contribution is -2.05. The maximum atomic E-state index is 5.10. The third-order valence-electron chi connectivity index (χ3n) is 0.940. The molecule has 0 fully saturated rings. The van der Waals surface area contributed by atoms with Crippen LogP contribution in [0.4, 0.5) is 5.69 Å². The zero-order valence-electron chi connectivity index (χ0n) is 6.55. The van der Waals surface area contributed by atoms with E-state index < -0.39 is 0 Å². The van der Waals surface area contributed by atoms with E-state index in [9.17, 15) is 0 Å². The van der Waals surface area contributed by atoms with Gasteiger partial charge in [0, 0.05) is 5.69 Å². The van der Waals surface area contributed by atoms with Gasteiger partial charge in [-0.3, -0.25) is 5.84 Å². The molecule has 0 bridgehead atoms. The number of alkyl halides is 1. The van der Waals surface area contributed by atoms with E-state index in [1.807, 2.05) is 30.3 Å². The first-order chi connectivity index (χ1) is 5.35. The number of para-hydroxylation sites is 1. The molecular weight excluding hydrogens is 251 g/mol. The van der Waals surface area contributed by atoms with Gasteiger partial charge in [-0.25, -0.2) is 0 Å². The number of nitrogens with one attached hydrogen (secondary N) is 1. The Balaban J connectivity index is 0.000000292. The van der Waals surface area contributed by atoms with Crippen LogP contribution in [0.1, 0.15) is 6.92 Å². The Morgan fingerprint density at radius 1 is 1.36 bits per heavy atom. The van der Waals surface area contributed by atoms with Crippen molar-refractivity contribution in [2.45, 2.75) is 6.92 Å². The van der Waals surface area contributed by atoms with Crippen LogP contribution in [-0.4, -0.2) is 4.43 Å². The fourth-order valence-corrected chi connectivity index (χ4v) is 0.534. The average molecular weight is 264 g/mol. The van der Waals surface area contributed by atoms with Gasteiger partial charge in [0.2, 0.25) is 0 Å². The van der Waals surface area contributed by atoms with E-state index in [0.29, 0.717) is 0 Å². The van der Waals surface area contributed by atoms with Crippen molar-refractivity contribution in [3.05, 3.63) is 30.3 Å². The Hall–Kier alpha value is -0.290. The Morgan fingerprint density at radius 2 is 1.82 bits per heavy atom. The Kier molecular flexibility index (Phi) is 7.61. The Bertz CT molecular complexity index is 165. The van der Waals surface area contributed by atoms with Crippen molar-refractivity contribution in [2.75, 3.05) is 9.85 Å². The second-order valence-electron chi connectivity index (χ2n) is 1.78. The molecule has 1 aromatic carbocycles.